The monoisotopic (exact) mass is 624 g/mol. The molecule has 3 aliphatic rings. The maximum absolute atomic E-state index is 14.0. The van der Waals surface area contributed by atoms with Gasteiger partial charge >= 0.3 is 5.97 Å². The van der Waals surface area contributed by atoms with Crippen LogP contribution in [0, 0.1) is 12.8 Å². The van der Waals surface area contributed by atoms with Crippen molar-refractivity contribution in [2.45, 2.75) is 50.0 Å². The molecule has 6 rings (SSSR count). The highest BCUT2D eigenvalue weighted by Crippen LogP contribution is 2.42. The van der Waals surface area contributed by atoms with Crippen LogP contribution >= 0.6 is 11.3 Å². The third kappa shape index (κ3) is 6.06. The Hall–Kier alpha value is -3.32. The second-order valence-electron chi connectivity index (χ2n) is 11.5. The van der Waals surface area contributed by atoms with Crippen LogP contribution in [0.4, 0.5) is 11.5 Å². The Morgan fingerprint density at radius 2 is 1.77 bits per heavy atom. The van der Waals surface area contributed by atoms with E-state index in [9.17, 15) is 23.1 Å². The van der Waals surface area contributed by atoms with Gasteiger partial charge in [0.2, 0.25) is 15.9 Å². The summed E-state index contributed by atoms with van der Waals surface area (Å²) < 4.78 is 34.4. The summed E-state index contributed by atoms with van der Waals surface area (Å²) in [5.74, 6) is -0.776. The van der Waals surface area contributed by atoms with E-state index >= 15 is 0 Å². The molecule has 43 heavy (non-hydrogen) atoms. The first-order chi connectivity index (χ1) is 20.7. The second kappa shape index (κ2) is 12.4. The normalized spacial score (nSPS) is 20.9. The number of anilines is 2. The molecule has 2 aromatic heterocycles. The molecule has 3 aromatic rings. The number of sulfonamides is 1. The number of amides is 1. The number of morpholine rings is 1. The van der Waals surface area contributed by atoms with Gasteiger partial charge in [-0.25, -0.2) is 18.2 Å². The maximum Gasteiger partial charge on any atom is 0.348 e. The lowest BCUT2D eigenvalue weighted by atomic mass is 9.82. The quantitative estimate of drug-likeness (QED) is 0.404. The first-order valence-electron chi connectivity index (χ1n) is 14.8. The Labute approximate surface area is 255 Å². The number of carbonyl (C=O) groups is 2. The summed E-state index contributed by atoms with van der Waals surface area (Å²) in [6.07, 6.45) is 6.16. The van der Waals surface area contributed by atoms with E-state index in [4.69, 9.17) is 4.74 Å². The molecule has 12 heteroatoms. The Bertz CT molecular complexity index is 1580. The summed E-state index contributed by atoms with van der Waals surface area (Å²) in [5, 5.41) is 10.2. The fraction of sp³-hybridized carbons (Fsp3) is 0.452. The lowest BCUT2D eigenvalue weighted by Crippen LogP contribution is -2.60. The standard InChI is InChI=1S/C31H36N4O6S2/c1-21-7-9-23(10-8-21)27-17-25(30(42-27)31(37)38)35-26(22-5-3-2-4-6-22)19-34(20-29(35)36)43(39,40)24-11-12-28(32-18-24)33-13-15-41-16-14-33/h7-12,17-18,22,26H,2-6,13-16,19-20H2,1H3,(H,37,38)/t26-/m0/s1. The molecular weight excluding hydrogens is 588 g/mol. The van der Waals surface area contributed by atoms with Gasteiger partial charge in [0.1, 0.15) is 15.6 Å². The lowest BCUT2D eigenvalue weighted by Gasteiger charge is -2.44. The van der Waals surface area contributed by atoms with Crippen molar-refractivity contribution < 1.29 is 27.9 Å². The number of hydrogen-bond acceptors (Lipinski definition) is 8. The van der Waals surface area contributed by atoms with Crippen molar-refractivity contribution in [2.24, 2.45) is 5.92 Å². The number of aromatic carboxylic acids is 1. The van der Waals surface area contributed by atoms with Gasteiger partial charge in [0.15, 0.2) is 0 Å². The lowest BCUT2D eigenvalue weighted by molar-refractivity contribution is -0.121. The predicted octanol–water partition coefficient (Wildman–Crippen LogP) is 4.64. The number of pyridine rings is 1. The molecule has 0 bridgehead atoms. The Kier molecular flexibility index (Phi) is 8.54. The van der Waals surface area contributed by atoms with Crippen LogP contribution in [0.2, 0.25) is 0 Å². The van der Waals surface area contributed by atoms with Crippen molar-refractivity contribution >= 4 is 44.7 Å². The summed E-state index contributed by atoms with van der Waals surface area (Å²) in [7, 11) is -4.02. The molecule has 1 amide bonds. The molecule has 1 saturated carbocycles. The zero-order valence-corrected chi connectivity index (χ0v) is 25.8. The molecule has 228 valence electrons. The van der Waals surface area contributed by atoms with Gasteiger partial charge in [-0.05, 0) is 49.4 Å². The molecule has 1 aromatic carbocycles. The van der Waals surface area contributed by atoms with E-state index < -0.39 is 27.9 Å². The van der Waals surface area contributed by atoms with Crippen molar-refractivity contribution in [3.05, 3.63) is 59.1 Å². The van der Waals surface area contributed by atoms with Gasteiger partial charge in [0, 0.05) is 30.7 Å². The topological polar surface area (TPSA) is 120 Å². The molecule has 0 radical (unpaired) electrons. The van der Waals surface area contributed by atoms with E-state index in [0.717, 1.165) is 59.4 Å². The van der Waals surface area contributed by atoms with Crippen molar-refractivity contribution in [1.29, 1.82) is 0 Å². The van der Waals surface area contributed by atoms with Crippen molar-refractivity contribution in [1.82, 2.24) is 9.29 Å². The van der Waals surface area contributed by atoms with Crippen LogP contribution in [0.5, 0.6) is 0 Å². The number of thiophene rings is 1. The number of aryl methyl sites for hydroxylation is 1. The van der Waals surface area contributed by atoms with Gasteiger partial charge in [-0.3, -0.25) is 4.79 Å². The first-order valence-corrected chi connectivity index (χ1v) is 17.0. The van der Waals surface area contributed by atoms with Crippen LogP contribution in [0.1, 0.15) is 47.3 Å². The number of piperazine rings is 1. The zero-order valence-electron chi connectivity index (χ0n) is 24.1. The fourth-order valence-electron chi connectivity index (χ4n) is 6.37. The molecule has 2 aliphatic heterocycles. The zero-order chi connectivity index (χ0) is 30.1. The second-order valence-corrected chi connectivity index (χ2v) is 14.5. The summed E-state index contributed by atoms with van der Waals surface area (Å²) in [5.41, 5.74) is 2.32. The Balaban J connectivity index is 1.33. The molecule has 4 heterocycles. The van der Waals surface area contributed by atoms with E-state index in [2.05, 4.69) is 4.98 Å². The molecule has 1 aliphatic carbocycles. The minimum atomic E-state index is -4.02. The smallest absolute Gasteiger partial charge is 0.348 e. The van der Waals surface area contributed by atoms with Crippen molar-refractivity contribution in [3.63, 3.8) is 0 Å². The van der Waals surface area contributed by atoms with E-state index in [1.807, 2.05) is 36.1 Å². The number of ether oxygens (including phenoxy) is 1. The fourth-order valence-corrected chi connectivity index (χ4v) is 8.72. The van der Waals surface area contributed by atoms with Gasteiger partial charge < -0.3 is 19.6 Å². The van der Waals surface area contributed by atoms with Gasteiger partial charge in [-0.2, -0.15) is 4.31 Å². The summed E-state index contributed by atoms with van der Waals surface area (Å²) in [6.45, 7) is 4.27. The molecule has 3 fully saturated rings. The largest absolute Gasteiger partial charge is 0.477 e. The molecule has 10 nitrogen and oxygen atoms in total. The maximum atomic E-state index is 14.0. The molecule has 2 saturated heterocycles. The number of benzene rings is 1. The average Bonchev–Trinajstić information content (AvgIpc) is 3.47. The Morgan fingerprint density at radius 3 is 2.42 bits per heavy atom. The molecule has 0 unspecified atom stereocenters. The summed E-state index contributed by atoms with van der Waals surface area (Å²) in [4.78, 5) is 35.4. The third-order valence-corrected chi connectivity index (χ3v) is 11.6. The van der Waals surface area contributed by atoms with E-state index in [0.29, 0.717) is 37.8 Å². The van der Waals surface area contributed by atoms with E-state index in [1.54, 1.807) is 23.1 Å². The van der Waals surface area contributed by atoms with Crippen LogP contribution in [-0.2, 0) is 19.6 Å². The van der Waals surface area contributed by atoms with Gasteiger partial charge in [0.25, 0.3) is 0 Å². The van der Waals surface area contributed by atoms with Crippen LogP contribution < -0.4 is 9.80 Å². The minimum Gasteiger partial charge on any atom is -0.477 e. The van der Waals surface area contributed by atoms with Crippen molar-refractivity contribution in [2.75, 3.05) is 49.2 Å². The predicted molar refractivity (Wildman–Crippen MR) is 165 cm³/mol. The van der Waals surface area contributed by atoms with Crippen LogP contribution in [0.15, 0.2) is 53.6 Å². The van der Waals surface area contributed by atoms with Crippen LogP contribution in [-0.4, -0.2) is 80.1 Å². The van der Waals surface area contributed by atoms with E-state index in [1.165, 1.54) is 10.5 Å². The summed E-state index contributed by atoms with van der Waals surface area (Å²) >= 11 is 1.14. The Morgan fingerprint density at radius 1 is 1.05 bits per heavy atom. The van der Waals surface area contributed by atoms with Crippen molar-refractivity contribution in [3.8, 4) is 10.4 Å². The number of aromatic nitrogens is 1. The molecular formula is C31H36N4O6S2. The SMILES string of the molecule is Cc1ccc(-c2cc(N3C(=O)CN(S(=O)(=O)c4ccc(N5CCOCC5)nc4)C[C@H]3C3CCCCC3)c(C(=O)O)s2)cc1. The first kappa shape index (κ1) is 29.7. The molecule has 1 N–H and O–H groups in total. The van der Waals surface area contributed by atoms with Gasteiger partial charge in [-0.15, -0.1) is 11.3 Å². The minimum absolute atomic E-state index is 0.0385. The number of carbonyl (C=O) groups excluding carboxylic acids is 1. The van der Waals surface area contributed by atoms with E-state index in [-0.39, 0.29) is 28.8 Å². The number of carboxylic acid groups (broad SMARTS) is 1. The number of nitrogens with zero attached hydrogens (tertiary/aromatic N) is 4. The average molecular weight is 625 g/mol. The number of carboxylic acids is 1. The third-order valence-electron chi connectivity index (χ3n) is 8.69. The molecule has 0 spiro atoms. The number of hydrogen-bond donors (Lipinski definition) is 1. The highest BCUT2D eigenvalue weighted by Gasteiger charge is 2.44. The molecule has 1 atom stereocenters. The van der Waals surface area contributed by atoms with Crippen LogP contribution in [0.3, 0.4) is 0 Å². The summed E-state index contributed by atoms with van der Waals surface area (Å²) in [6, 6.07) is 12.4. The van der Waals surface area contributed by atoms with Gasteiger partial charge in [-0.1, -0.05) is 49.1 Å². The highest BCUT2D eigenvalue weighted by atomic mass is 32.2. The van der Waals surface area contributed by atoms with Gasteiger partial charge in [0.05, 0.1) is 31.5 Å². The van der Waals surface area contributed by atoms with Crippen LogP contribution in [0.25, 0.3) is 10.4 Å². The highest BCUT2D eigenvalue weighted by molar-refractivity contribution is 7.89. The number of rotatable bonds is 7.